The van der Waals surface area contributed by atoms with Crippen molar-refractivity contribution in [3.8, 4) is 0 Å². The summed E-state index contributed by atoms with van der Waals surface area (Å²) in [6.45, 7) is 29.3. The number of carbonyl (C=O) groups excluding carboxylic acids is 11. The van der Waals surface area contributed by atoms with Crippen molar-refractivity contribution >= 4 is 65.0 Å². The molecular formula is C62H112FN11O12. The standard InChI is InChI=1S/C62H111N11O12.FH/c1-25-27-28-40(15)52(75)51-56(79)65-43(26-2)58(81)67(18)33-48(74)68(19)44(29-34(3)4)55(78)66-49(38(11)12)61(84)69(20)45(30-35(5)6)54(77)63-41(16)53(76)64-42(17)57(80)70(21)46(31-36(7)8)59(82)71(22)47(32-37(9)10)60(83)72(23)50(39(13)14)62(85)73(51)24;/h25,27,34-47,49-52,75H,26,28-33H2,1-24H3,(H,63,77)(H,64,76)(H,65,79)(H,66,78);1H/b27-25+;/t40-,41+,42-,43+,44+,45+,46+,47+,49+,50+,51+,52-;/m1./s1. The number of nitrogens with one attached hydrogen (secondary N) is 4. The minimum Gasteiger partial charge on any atom is -0.390 e. The summed E-state index contributed by atoms with van der Waals surface area (Å²) in [5, 5.41) is 23.1. The third kappa shape index (κ3) is 22.2. The normalized spacial score (nSPS) is 26.6. The van der Waals surface area contributed by atoms with Crippen molar-refractivity contribution in [1.29, 1.82) is 0 Å². The number of nitrogens with zero attached hydrogens (tertiary/aromatic N) is 7. The molecule has 1 saturated heterocycles. The van der Waals surface area contributed by atoms with E-state index >= 15 is 9.59 Å². The summed E-state index contributed by atoms with van der Waals surface area (Å²) in [5.74, 6) is -9.71. The van der Waals surface area contributed by atoms with Gasteiger partial charge in [0.1, 0.15) is 60.4 Å². The Hall–Kier alpha value is -6.20. The number of likely N-dealkylation sites (N-methyl/N-ethyl adjacent to an activating group) is 7. The lowest BCUT2D eigenvalue weighted by Gasteiger charge is -2.41. The molecular weight excluding hydrogens is 1110 g/mol. The van der Waals surface area contributed by atoms with Crippen LogP contribution in [-0.2, 0) is 52.7 Å². The molecule has 1 heterocycles. The maximum absolute atomic E-state index is 15.1. The zero-order chi connectivity index (χ0) is 66.0. The lowest BCUT2D eigenvalue weighted by molar-refractivity contribution is -0.157. The number of rotatable bonds is 15. The summed E-state index contributed by atoms with van der Waals surface area (Å²) in [6, 6.07) is -12.3. The van der Waals surface area contributed by atoms with Crippen LogP contribution < -0.4 is 21.3 Å². The molecule has 0 spiro atoms. The van der Waals surface area contributed by atoms with Gasteiger partial charge in [-0.05, 0) is 101 Å². The zero-order valence-corrected chi connectivity index (χ0v) is 56.5. The summed E-state index contributed by atoms with van der Waals surface area (Å²) in [4.78, 5) is 169. The first-order valence-corrected chi connectivity index (χ1v) is 30.6. The van der Waals surface area contributed by atoms with Gasteiger partial charge in [-0.2, -0.15) is 0 Å². The maximum atomic E-state index is 15.1. The highest BCUT2D eigenvalue weighted by Crippen LogP contribution is 2.26. The van der Waals surface area contributed by atoms with Crippen LogP contribution in [0.2, 0.25) is 0 Å². The van der Waals surface area contributed by atoms with Gasteiger partial charge in [0.05, 0.1) is 12.6 Å². The number of hydrogen-bond acceptors (Lipinski definition) is 12. The Kier molecular flexibility index (Phi) is 33.6. The van der Waals surface area contributed by atoms with E-state index in [1.165, 1.54) is 87.7 Å². The van der Waals surface area contributed by atoms with Gasteiger partial charge in [-0.1, -0.05) is 109 Å². The molecule has 5 N–H and O–H groups in total. The molecule has 12 atom stereocenters. The Morgan fingerprint density at radius 3 is 1.31 bits per heavy atom. The zero-order valence-electron chi connectivity index (χ0n) is 56.5. The van der Waals surface area contributed by atoms with Crippen LogP contribution in [0.15, 0.2) is 12.2 Å². The lowest BCUT2D eigenvalue weighted by atomic mass is 9.91. The van der Waals surface area contributed by atoms with Gasteiger partial charge in [-0.25, -0.2) is 0 Å². The van der Waals surface area contributed by atoms with E-state index in [1.807, 2.05) is 61.5 Å². The topological polar surface area (TPSA) is 279 Å². The molecule has 1 aliphatic heterocycles. The Morgan fingerprint density at radius 1 is 0.465 bits per heavy atom. The Bertz CT molecular complexity index is 2330. The van der Waals surface area contributed by atoms with Crippen molar-refractivity contribution in [3.05, 3.63) is 12.2 Å². The van der Waals surface area contributed by atoms with Crippen molar-refractivity contribution < 1.29 is 62.6 Å². The molecule has 0 aromatic carbocycles. The predicted molar refractivity (Wildman–Crippen MR) is 331 cm³/mol. The third-order valence-corrected chi connectivity index (χ3v) is 16.1. The molecule has 0 bridgehead atoms. The molecule has 23 nitrogen and oxygen atoms in total. The van der Waals surface area contributed by atoms with E-state index in [1.54, 1.807) is 54.5 Å². The van der Waals surface area contributed by atoms with Crippen LogP contribution in [0.3, 0.4) is 0 Å². The second-order valence-corrected chi connectivity index (χ2v) is 26.1. The molecule has 24 heteroatoms. The fourth-order valence-electron chi connectivity index (χ4n) is 10.7. The quantitative estimate of drug-likeness (QED) is 0.148. The number of allylic oxidation sites excluding steroid dienone is 2. The molecule has 0 saturated carbocycles. The van der Waals surface area contributed by atoms with Crippen LogP contribution in [0.1, 0.15) is 156 Å². The number of halogens is 1. The van der Waals surface area contributed by atoms with Gasteiger partial charge in [0.2, 0.25) is 65.0 Å². The number of hydrogen-bond donors (Lipinski definition) is 5. The molecule has 86 heavy (non-hydrogen) atoms. The van der Waals surface area contributed by atoms with Gasteiger partial charge in [0, 0.05) is 49.3 Å². The molecule has 1 aliphatic rings. The molecule has 494 valence electrons. The molecule has 11 amide bonds. The first-order valence-electron chi connectivity index (χ1n) is 30.6. The van der Waals surface area contributed by atoms with Crippen molar-refractivity contribution in [2.45, 2.75) is 223 Å². The molecule has 0 aromatic rings. The summed E-state index contributed by atoms with van der Waals surface area (Å²) in [5.41, 5.74) is 0. The van der Waals surface area contributed by atoms with Gasteiger partial charge in [0.15, 0.2) is 0 Å². The minimum absolute atomic E-state index is 0. The van der Waals surface area contributed by atoms with Gasteiger partial charge in [-0.15, -0.1) is 0 Å². The van der Waals surface area contributed by atoms with Crippen LogP contribution in [0.4, 0.5) is 4.70 Å². The smallest absolute Gasteiger partial charge is 0.246 e. The summed E-state index contributed by atoms with van der Waals surface area (Å²) >= 11 is 0. The molecule has 0 aliphatic carbocycles. The Balaban J connectivity index is 0.0000722. The number of carbonyl (C=O) groups is 11. The van der Waals surface area contributed by atoms with Gasteiger partial charge in [-0.3, -0.25) is 57.4 Å². The van der Waals surface area contributed by atoms with E-state index in [0.29, 0.717) is 6.42 Å². The van der Waals surface area contributed by atoms with Gasteiger partial charge < -0.3 is 60.7 Å². The fourth-order valence-corrected chi connectivity index (χ4v) is 10.7. The first-order chi connectivity index (χ1) is 39.2. The molecule has 1 fully saturated rings. The van der Waals surface area contributed by atoms with E-state index in [0.717, 1.165) is 9.80 Å². The largest absolute Gasteiger partial charge is 0.390 e. The Labute approximate surface area is 513 Å². The average Bonchev–Trinajstić information content (AvgIpc) is 3.35. The third-order valence-electron chi connectivity index (χ3n) is 16.1. The fraction of sp³-hybridized carbons (Fsp3) is 0.790. The highest BCUT2D eigenvalue weighted by atomic mass is 19.0. The van der Waals surface area contributed by atoms with E-state index in [4.69, 9.17) is 0 Å². The van der Waals surface area contributed by atoms with Crippen LogP contribution in [0.5, 0.6) is 0 Å². The number of aliphatic hydroxyl groups excluding tert-OH is 1. The van der Waals surface area contributed by atoms with E-state index in [9.17, 15) is 48.3 Å². The summed E-state index contributed by atoms with van der Waals surface area (Å²) in [7, 11) is 9.92. The highest BCUT2D eigenvalue weighted by molar-refractivity contribution is 5.99. The summed E-state index contributed by atoms with van der Waals surface area (Å²) in [6.07, 6.45) is 3.04. The van der Waals surface area contributed by atoms with Gasteiger partial charge in [0.25, 0.3) is 0 Å². The molecule has 0 radical (unpaired) electrons. The van der Waals surface area contributed by atoms with E-state index < -0.39 is 156 Å². The van der Waals surface area contributed by atoms with E-state index in [2.05, 4.69) is 21.3 Å². The number of amides is 11. The monoisotopic (exact) mass is 1220 g/mol. The van der Waals surface area contributed by atoms with Gasteiger partial charge >= 0.3 is 0 Å². The predicted octanol–water partition coefficient (Wildman–Crippen LogP) is 3.42. The second-order valence-electron chi connectivity index (χ2n) is 26.1. The van der Waals surface area contributed by atoms with Crippen LogP contribution in [0.25, 0.3) is 0 Å². The van der Waals surface area contributed by atoms with E-state index in [-0.39, 0.29) is 60.5 Å². The summed E-state index contributed by atoms with van der Waals surface area (Å²) < 4.78 is 0. The van der Waals surface area contributed by atoms with Crippen LogP contribution in [-0.4, -0.2) is 227 Å². The second kappa shape index (κ2) is 36.2. The lowest BCUT2D eigenvalue weighted by Crippen LogP contribution is -2.63. The van der Waals surface area contributed by atoms with Crippen molar-refractivity contribution in [3.63, 3.8) is 0 Å². The molecule has 0 unspecified atom stereocenters. The SMILES string of the molecule is C/C=C/C[C@@H](C)[C@@H](O)[C@H]1C(=O)N[C@@H](CC)C(=O)N(C)CC(=O)N(C)[C@@H](CC(C)C)C(=O)N[C@@H](C(C)C)C(=O)N(C)[C@@H](CC(C)C)C(=O)N[C@@H](C)C(=O)N[C@H](C)C(=O)N(C)[C@@H](CC(C)C)C(=O)N(C)[C@@H](CC(C)C)C(=O)N(C)[C@@H](C(C)C)C(=O)N1C.F. The van der Waals surface area contributed by atoms with Crippen molar-refractivity contribution in [2.24, 2.45) is 41.4 Å². The van der Waals surface area contributed by atoms with Crippen molar-refractivity contribution in [1.82, 2.24) is 55.6 Å². The minimum atomic E-state index is -1.61. The number of aliphatic hydroxyl groups is 1. The maximum Gasteiger partial charge on any atom is 0.246 e. The van der Waals surface area contributed by atoms with Crippen LogP contribution >= 0.6 is 0 Å². The van der Waals surface area contributed by atoms with Crippen LogP contribution in [0, 0.1) is 41.4 Å². The molecule has 1 rings (SSSR count). The Morgan fingerprint density at radius 2 is 0.872 bits per heavy atom. The first kappa shape index (κ1) is 79.8. The average molecular weight is 1220 g/mol. The van der Waals surface area contributed by atoms with Crippen molar-refractivity contribution in [2.75, 3.05) is 55.9 Å². The highest BCUT2D eigenvalue weighted by Gasteiger charge is 2.45. The molecule has 0 aromatic heterocycles.